The van der Waals surface area contributed by atoms with Crippen LogP contribution in [0.3, 0.4) is 0 Å². The summed E-state index contributed by atoms with van der Waals surface area (Å²) in [7, 11) is 1.62. The highest BCUT2D eigenvalue weighted by molar-refractivity contribution is 6.30. The number of nitrogens with zero attached hydrogens (tertiary/aromatic N) is 3. The number of nitrogens with one attached hydrogen (secondary N) is 2. The van der Waals surface area contributed by atoms with Gasteiger partial charge in [-0.1, -0.05) is 11.6 Å². The Kier molecular flexibility index (Phi) is 3.98. The Labute approximate surface area is 128 Å². The van der Waals surface area contributed by atoms with E-state index in [-0.39, 0.29) is 0 Å². The summed E-state index contributed by atoms with van der Waals surface area (Å²) < 4.78 is 5.36. The SMILES string of the molecule is COc1cc(Cl)ccc1-c1nc(N2CCN[C@H](C)C2)n[nH]1. The summed E-state index contributed by atoms with van der Waals surface area (Å²) in [5.41, 5.74) is 0.851. The molecule has 1 fully saturated rings. The van der Waals surface area contributed by atoms with Gasteiger partial charge in [0.05, 0.1) is 12.7 Å². The predicted molar refractivity (Wildman–Crippen MR) is 83.1 cm³/mol. The van der Waals surface area contributed by atoms with E-state index in [1.165, 1.54) is 0 Å². The number of benzene rings is 1. The van der Waals surface area contributed by atoms with E-state index in [0.717, 1.165) is 31.1 Å². The number of hydrogen-bond donors (Lipinski definition) is 2. The number of ether oxygens (including phenoxy) is 1. The molecule has 1 aliphatic rings. The zero-order chi connectivity index (χ0) is 14.8. The van der Waals surface area contributed by atoms with Gasteiger partial charge < -0.3 is 15.0 Å². The molecule has 0 spiro atoms. The molecule has 0 unspecified atom stereocenters. The number of H-pyrrole nitrogens is 1. The second-order valence-electron chi connectivity index (χ2n) is 5.13. The largest absolute Gasteiger partial charge is 0.496 e. The summed E-state index contributed by atoms with van der Waals surface area (Å²) in [6, 6.07) is 5.90. The van der Waals surface area contributed by atoms with Crippen LogP contribution in [0.25, 0.3) is 11.4 Å². The third-order valence-corrected chi connectivity index (χ3v) is 3.78. The van der Waals surface area contributed by atoms with Crippen molar-refractivity contribution in [1.29, 1.82) is 0 Å². The van der Waals surface area contributed by atoms with Gasteiger partial charge in [-0.2, -0.15) is 4.98 Å². The molecule has 0 aliphatic carbocycles. The predicted octanol–water partition coefficient (Wildman–Crippen LogP) is 1.93. The van der Waals surface area contributed by atoms with Crippen molar-refractivity contribution in [2.75, 3.05) is 31.6 Å². The molecule has 3 rings (SSSR count). The number of aromatic amines is 1. The lowest BCUT2D eigenvalue weighted by Gasteiger charge is -2.30. The minimum absolute atomic E-state index is 0.436. The quantitative estimate of drug-likeness (QED) is 0.907. The van der Waals surface area contributed by atoms with Gasteiger partial charge in [-0.15, -0.1) is 5.10 Å². The van der Waals surface area contributed by atoms with E-state index < -0.39 is 0 Å². The van der Waals surface area contributed by atoms with Crippen molar-refractivity contribution in [3.05, 3.63) is 23.2 Å². The van der Waals surface area contributed by atoms with Crippen LogP contribution in [0.15, 0.2) is 18.2 Å². The molecule has 1 aromatic heterocycles. The third-order valence-electron chi connectivity index (χ3n) is 3.54. The van der Waals surface area contributed by atoms with Crippen LogP contribution in [0, 0.1) is 0 Å². The minimum atomic E-state index is 0.436. The Morgan fingerprint density at radius 1 is 1.43 bits per heavy atom. The topological polar surface area (TPSA) is 66.1 Å². The van der Waals surface area contributed by atoms with Crippen LogP contribution in [0.4, 0.5) is 5.95 Å². The van der Waals surface area contributed by atoms with Crippen molar-refractivity contribution in [2.45, 2.75) is 13.0 Å². The third kappa shape index (κ3) is 2.96. The molecule has 2 aromatic rings. The standard InChI is InChI=1S/C14H18ClN5O/c1-9-8-20(6-5-16-9)14-17-13(18-19-14)11-4-3-10(15)7-12(11)21-2/h3-4,7,9,16H,5-6,8H2,1-2H3,(H,17,18,19)/t9-/m1/s1. The highest BCUT2D eigenvalue weighted by atomic mass is 35.5. The highest BCUT2D eigenvalue weighted by Gasteiger charge is 2.20. The number of piperazine rings is 1. The first-order chi connectivity index (χ1) is 10.2. The monoisotopic (exact) mass is 307 g/mol. The molecule has 0 radical (unpaired) electrons. The summed E-state index contributed by atoms with van der Waals surface area (Å²) >= 11 is 5.98. The molecule has 1 aromatic carbocycles. The lowest BCUT2D eigenvalue weighted by molar-refractivity contribution is 0.416. The summed E-state index contributed by atoms with van der Waals surface area (Å²) in [6.45, 7) is 4.89. The first-order valence-electron chi connectivity index (χ1n) is 6.92. The van der Waals surface area contributed by atoms with E-state index in [0.29, 0.717) is 22.6 Å². The number of aromatic nitrogens is 3. The van der Waals surface area contributed by atoms with Crippen molar-refractivity contribution in [1.82, 2.24) is 20.5 Å². The van der Waals surface area contributed by atoms with E-state index in [2.05, 4.69) is 32.3 Å². The van der Waals surface area contributed by atoms with Gasteiger partial charge in [0, 0.05) is 30.7 Å². The Balaban J connectivity index is 1.88. The molecule has 21 heavy (non-hydrogen) atoms. The van der Waals surface area contributed by atoms with Gasteiger partial charge in [-0.05, 0) is 25.1 Å². The summed E-state index contributed by atoms with van der Waals surface area (Å²) in [6.07, 6.45) is 0. The van der Waals surface area contributed by atoms with Crippen molar-refractivity contribution >= 4 is 17.5 Å². The van der Waals surface area contributed by atoms with Crippen LogP contribution in [-0.4, -0.2) is 48.0 Å². The van der Waals surface area contributed by atoms with E-state index in [1.54, 1.807) is 13.2 Å². The van der Waals surface area contributed by atoms with Crippen LogP contribution >= 0.6 is 11.6 Å². The summed E-state index contributed by atoms with van der Waals surface area (Å²) in [5.74, 6) is 2.08. The second-order valence-corrected chi connectivity index (χ2v) is 5.57. The fourth-order valence-corrected chi connectivity index (χ4v) is 2.65. The number of methoxy groups -OCH3 is 1. The van der Waals surface area contributed by atoms with Crippen molar-refractivity contribution in [3.63, 3.8) is 0 Å². The Morgan fingerprint density at radius 3 is 3.05 bits per heavy atom. The molecule has 0 bridgehead atoms. The lowest BCUT2D eigenvalue weighted by Crippen LogP contribution is -2.49. The van der Waals surface area contributed by atoms with Gasteiger partial charge in [0.1, 0.15) is 5.75 Å². The molecular formula is C14H18ClN5O. The van der Waals surface area contributed by atoms with Crippen molar-refractivity contribution in [3.8, 4) is 17.1 Å². The van der Waals surface area contributed by atoms with Crippen LogP contribution in [-0.2, 0) is 0 Å². The average Bonchev–Trinajstić information content (AvgIpc) is 2.96. The fraction of sp³-hybridized carbons (Fsp3) is 0.429. The number of halogens is 1. The maximum Gasteiger partial charge on any atom is 0.245 e. The molecule has 1 aliphatic heterocycles. The van der Waals surface area contributed by atoms with Crippen LogP contribution in [0.1, 0.15) is 6.92 Å². The normalized spacial score (nSPS) is 18.8. The molecular weight excluding hydrogens is 290 g/mol. The molecule has 0 amide bonds. The van der Waals surface area contributed by atoms with Gasteiger partial charge in [0.25, 0.3) is 0 Å². The van der Waals surface area contributed by atoms with Gasteiger partial charge in [0.15, 0.2) is 5.82 Å². The number of anilines is 1. The Morgan fingerprint density at radius 2 is 2.29 bits per heavy atom. The summed E-state index contributed by atoms with van der Waals surface area (Å²) in [5, 5.41) is 11.3. The van der Waals surface area contributed by atoms with E-state index in [1.807, 2.05) is 12.1 Å². The van der Waals surface area contributed by atoms with Gasteiger partial charge >= 0.3 is 0 Å². The maximum atomic E-state index is 5.98. The van der Waals surface area contributed by atoms with Crippen LogP contribution in [0.2, 0.25) is 5.02 Å². The van der Waals surface area contributed by atoms with Gasteiger partial charge in [-0.3, -0.25) is 5.10 Å². The number of rotatable bonds is 3. The van der Waals surface area contributed by atoms with Crippen LogP contribution < -0.4 is 15.0 Å². The maximum absolute atomic E-state index is 5.98. The Bertz CT molecular complexity index is 630. The van der Waals surface area contributed by atoms with E-state index in [9.17, 15) is 0 Å². The zero-order valence-corrected chi connectivity index (χ0v) is 12.8. The summed E-state index contributed by atoms with van der Waals surface area (Å²) in [4.78, 5) is 6.76. The van der Waals surface area contributed by atoms with E-state index >= 15 is 0 Å². The minimum Gasteiger partial charge on any atom is -0.496 e. The lowest BCUT2D eigenvalue weighted by atomic mass is 10.2. The zero-order valence-electron chi connectivity index (χ0n) is 12.1. The molecule has 1 atom stereocenters. The van der Waals surface area contributed by atoms with Crippen molar-refractivity contribution < 1.29 is 4.74 Å². The molecule has 2 heterocycles. The molecule has 112 valence electrons. The number of hydrogen-bond acceptors (Lipinski definition) is 5. The van der Waals surface area contributed by atoms with Gasteiger partial charge in [-0.25, -0.2) is 0 Å². The Hall–Kier alpha value is -1.79. The fourth-order valence-electron chi connectivity index (χ4n) is 2.49. The average molecular weight is 308 g/mol. The highest BCUT2D eigenvalue weighted by Crippen LogP contribution is 2.30. The van der Waals surface area contributed by atoms with Crippen LogP contribution in [0.5, 0.6) is 5.75 Å². The molecule has 1 saturated heterocycles. The van der Waals surface area contributed by atoms with Gasteiger partial charge in [0.2, 0.25) is 5.95 Å². The molecule has 7 heteroatoms. The molecule has 2 N–H and O–H groups in total. The second kappa shape index (κ2) is 5.91. The molecule has 6 nitrogen and oxygen atoms in total. The first-order valence-corrected chi connectivity index (χ1v) is 7.30. The smallest absolute Gasteiger partial charge is 0.245 e. The molecule has 0 saturated carbocycles. The van der Waals surface area contributed by atoms with Crippen molar-refractivity contribution in [2.24, 2.45) is 0 Å². The van der Waals surface area contributed by atoms with E-state index in [4.69, 9.17) is 16.3 Å². The first kappa shape index (κ1) is 14.2.